The van der Waals surface area contributed by atoms with Crippen LogP contribution in [0.1, 0.15) is 10.4 Å². The molecule has 0 heterocycles. The lowest BCUT2D eigenvalue weighted by Gasteiger charge is -2.18. The van der Waals surface area contributed by atoms with E-state index in [1.165, 1.54) is 19.1 Å². The van der Waals surface area contributed by atoms with Crippen LogP contribution in [0.4, 0.5) is 5.69 Å². The Hall–Kier alpha value is -2.73. The molecular formula is C18H19ClN2O4. The highest BCUT2D eigenvalue weighted by molar-refractivity contribution is 6.33. The van der Waals surface area contributed by atoms with E-state index in [1.54, 1.807) is 49.5 Å². The Morgan fingerprint density at radius 1 is 1.08 bits per heavy atom. The number of hydrogen-bond acceptors (Lipinski definition) is 4. The minimum absolute atomic E-state index is 0.121. The summed E-state index contributed by atoms with van der Waals surface area (Å²) in [5, 5.41) is 3.11. The summed E-state index contributed by atoms with van der Waals surface area (Å²) in [6.45, 7) is -0.121. The normalized spacial score (nSPS) is 10.1. The number of likely N-dealkylation sites (N-methyl/N-ethyl adjacent to an activating group) is 1. The Labute approximate surface area is 151 Å². The van der Waals surface area contributed by atoms with Gasteiger partial charge in [-0.3, -0.25) is 9.59 Å². The average Bonchev–Trinajstić information content (AvgIpc) is 2.62. The van der Waals surface area contributed by atoms with Crippen LogP contribution in [0.5, 0.6) is 11.5 Å². The smallest absolute Gasteiger partial charge is 0.254 e. The minimum Gasteiger partial charge on any atom is -0.497 e. The molecular weight excluding hydrogens is 344 g/mol. The van der Waals surface area contributed by atoms with Crippen molar-refractivity contribution in [1.82, 2.24) is 4.90 Å². The topological polar surface area (TPSA) is 67.9 Å². The minimum atomic E-state index is -0.348. The van der Waals surface area contributed by atoms with E-state index in [1.807, 2.05) is 0 Å². The van der Waals surface area contributed by atoms with Gasteiger partial charge in [-0.15, -0.1) is 0 Å². The molecule has 0 aliphatic carbocycles. The van der Waals surface area contributed by atoms with Crippen molar-refractivity contribution in [2.75, 3.05) is 33.1 Å². The monoisotopic (exact) mass is 362 g/mol. The molecule has 0 bridgehead atoms. The number of hydrogen-bond donors (Lipinski definition) is 1. The highest BCUT2D eigenvalue weighted by atomic mass is 35.5. The van der Waals surface area contributed by atoms with E-state index in [2.05, 4.69) is 5.32 Å². The molecule has 1 N–H and O–H groups in total. The SMILES string of the molecule is COc1cc(OC)cc(C(=O)N(C)CC(=O)Nc2ccccc2Cl)c1. The lowest BCUT2D eigenvalue weighted by Crippen LogP contribution is -2.35. The number of halogens is 1. The van der Waals surface area contributed by atoms with Gasteiger partial charge in [0.2, 0.25) is 5.91 Å². The van der Waals surface area contributed by atoms with E-state index in [4.69, 9.17) is 21.1 Å². The van der Waals surface area contributed by atoms with Crippen LogP contribution in [0.15, 0.2) is 42.5 Å². The predicted octanol–water partition coefficient (Wildman–Crippen LogP) is 3.07. The van der Waals surface area contributed by atoms with Crippen LogP contribution >= 0.6 is 11.6 Å². The van der Waals surface area contributed by atoms with Gasteiger partial charge in [0.15, 0.2) is 0 Å². The third-order valence-electron chi connectivity index (χ3n) is 3.47. The number of methoxy groups -OCH3 is 2. The Morgan fingerprint density at radius 3 is 2.24 bits per heavy atom. The summed E-state index contributed by atoms with van der Waals surface area (Å²) >= 11 is 6.01. The highest BCUT2D eigenvalue weighted by Gasteiger charge is 2.17. The van der Waals surface area contributed by atoms with Gasteiger partial charge >= 0.3 is 0 Å². The zero-order valence-electron chi connectivity index (χ0n) is 14.2. The van der Waals surface area contributed by atoms with E-state index in [-0.39, 0.29) is 18.4 Å². The van der Waals surface area contributed by atoms with Crippen molar-refractivity contribution < 1.29 is 19.1 Å². The van der Waals surface area contributed by atoms with Crippen molar-refractivity contribution in [3.8, 4) is 11.5 Å². The third-order valence-corrected chi connectivity index (χ3v) is 3.80. The molecule has 0 radical (unpaired) electrons. The number of carbonyl (C=O) groups excluding carboxylic acids is 2. The van der Waals surface area contributed by atoms with Crippen LogP contribution in [0, 0.1) is 0 Å². The lowest BCUT2D eigenvalue weighted by molar-refractivity contribution is -0.116. The quantitative estimate of drug-likeness (QED) is 0.857. The van der Waals surface area contributed by atoms with Crippen LogP contribution in [0.3, 0.4) is 0 Å². The fraction of sp³-hybridized carbons (Fsp3) is 0.222. The zero-order valence-corrected chi connectivity index (χ0v) is 15.0. The zero-order chi connectivity index (χ0) is 18.4. The molecule has 0 atom stereocenters. The first-order valence-electron chi connectivity index (χ1n) is 7.47. The Morgan fingerprint density at radius 2 is 1.68 bits per heavy atom. The molecule has 0 saturated heterocycles. The van der Waals surface area contributed by atoms with Crippen LogP contribution in [-0.2, 0) is 4.79 Å². The van der Waals surface area contributed by atoms with Crippen molar-refractivity contribution in [3.05, 3.63) is 53.1 Å². The molecule has 132 valence electrons. The first kappa shape index (κ1) is 18.6. The number of para-hydroxylation sites is 1. The average molecular weight is 363 g/mol. The Kier molecular flexibility index (Phi) is 6.25. The maximum absolute atomic E-state index is 12.5. The number of nitrogens with zero attached hydrogens (tertiary/aromatic N) is 1. The number of amides is 2. The largest absolute Gasteiger partial charge is 0.497 e. The van der Waals surface area contributed by atoms with Gasteiger partial charge in [-0.2, -0.15) is 0 Å². The summed E-state index contributed by atoms with van der Waals surface area (Å²) in [6, 6.07) is 11.7. The number of ether oxygens (including phenoxy) is 2. The highest BCUT2D eigenvalue weighted by Crippen LogP contribution is 2.23. The van der Waals surface area contributed by atoms with Gasteiger partial charge in [0.25, 0.3) is 5.91 Å². The fourth-order valence-electron chi connectivity index (χ4n) is 2.19. The number of anilines is 1. The third kappa shape index (κ3) is 4.87. The van der Waals surface area contributed by atoms with Gasteiger partial charge in [-0.05, 0) is 24.3 Å². The Balaban J connectivity index is 2.07. The first-order valence-corrected chi connectivity index (χ1v) is 7.85. The molecule has 0 aliphatic heterocycles. The molecule has 6 nitrogen and oxygen atoms in total. The maximum Gasteiger partial charge on any atom is 0.254 e. The van der Waals surface area contributed by atoms with Crippen LogP contribution in [0.2, 0.25) is 5.02 Å². The molecule has 2 rings (SSSR count). The van der Waals surface area contributed by atoms with Crippen molar-refractivity contribution in [2.45, 2.75) is 0 Å². The van der Waals surface area contributed by atoms with Crippen LogP contribution in [0.25, 0.3) is 0 Å². The molecule has 7 heteroatoms. The molecule has 2 amide bonds. The van der Waals surface area contributed by atoms with Gasteiger partial charge < -0.3 is 19.7 Å². The first-order chi connectivity index (χ1) is 11.9. The molecule has 0 saturated carbocycles. The van der Waals surface area contributed by atoms with Crippen molar-refractivity contribution >= 4 is 29.1 Å². The summed E-state index contributed by atoms with van der Waals surface area (Å²) < 4.78 is 10.3. The maximum atomic E-state index is 12.5. The second kappa shape index (κ2) is 8.39. The molecule has 0 spiro atoms. The van der Waals surface area contributed by atoms with Gasteiger partial charge in [0.1, 0.15) is 11.5 Å². The van der Waals surface area contributed by atoms with Crippen molar-refractivity contribution in [2.24, 2.45) is 0 Å². The number of nitrogens with one attached hydrogen (secondary N) is 1. The van der Waals surface area contributed by atoms with Crippen molar-refractivity contribution in [1.29, 1.82) is 0 Å². The molecule has 0 aromatic heterocycles. The van der Waals surface area contributed by atoms with Crippen LogP contribution < -0.4 is 14.8 Å². The predicted molar refractivity (Wildman–Crippen MR) is 96.6 cm³/mol. The summed E-state index contributed by atoms with van der Waals surface area (Å²) in [5.74, 6) is 0.318. The summed E-state index contributed by atoms with van der Waals surface area (Å²) in [4.78, 5) is 26.0. The van der Waals surface area contributed by atoms with Gasteiger partial charge in [0, 0.05) is 18.7 Å². The van der Waals surface area contributed by atoms with E-state index in [9.17, 15) is 9.59 Å². The molecule has 2 aromatic carbocycles. The summed E-state index contributed by atoms with van der Waals surface area (Å²) in [5.41, 5.74) is 0.863. The molecule has 0 unspecified atom stereocenters. The second-order valence-corrected chi connectivity index (χ2v) is 5.70. The van der Waals surface area contributed by atoms with E-state index in [0.717, 1.165) is 0 Å². The summed E-state index contributed by atoms with van der Waals surface area (Å²) in [6.07, 6.45) is 0. The lowest BCUT2D eigenvalue weighted by atomic mass is 10.1. The number of carbonyl (C=O) groups is 2. The number of benzene rings is 2. The Bertz CT molecular complexity index is 757. The fourth-order valence-corrected chi connectivity index (χ4v) is 2.37. The standard InChI is InChI=1S/C18H19ClN2O4/c1-21(11-17(22)20-16-7-5-4-6-15(16)19)18(23)12-8-13(24-2)10-14(9-12)25-3/h4-10H,11H2,1-3H3,(H,20,22). The van der Waals surface area contributed by atoms with Gasteiger partial charge in [-0.25, -0.2) is 0 Å². The summed E-state index contributed by atoms with van der Waals surface area (Å²) in [7, 11) is 4.55. The molecule has 25 heavy (non-hydrogen) atoms. The van der Waals surface area contributed by atoms with Gasteiger partial charge in [-0.1, -0.05) is 23.7 Å². The number of rotatable bonds is 6. The molecule has 0 aliphatic rings. The second-order valence-electron chi connectivity index (χ2n) is 5.29. The van der Waals surface area contributed by atoms with E-state index >= 15 is 0 Å². The van der Waals surface area contributed by atoms with E-state index < -0.39 is 0 Å². The molecule has 2 aromatic rings. The van der Waals surface area contributed by atoms with Crippen LogP contribution in [-0.4, -0.2) is 44.5 Å². The van der Waals surface area contributed by atoms with E-state index in [0.29, 0.717) is 27.8 Å². The van der Waals surface area contributed by atoms with Gasteiger partial charge in [0.05, 0.1) is 31.5 Å². The van der Waals surface area contributed by atoms with Crippen molar-refractivity contribution in [3.63, 3.8) is 0 Å². The molecule has 0 fully saturated rings.